The maximum absolute atomic E-state index is 9.15. The second-order valence-electron chi connectivity index (χ2n) is 0.720. The van der Waals surface area contributed by atoms with Crippen molar-refractivity contribution in [2.75, 3.05) is 0 Å². The van der Waals surface area contributed by atoms with E-state index in [2.05, 4.69) is 10.7 Å². The van der Waals surface area contributed by atoms with Crippen LogP contribution in [0.5, 0.6) is 0 Å². The van der Waals surface area contributed by atoms with Crippen LogP contribution in [0, 0.1) is 4.91 Å². The summed E-state index contributed by atoms with van der Waals surface area (Å²) in [6, 6.07) is 0. The highest BCUT2D eigenvalue weighted by atomic mass is 16.3. The van der Waals surface area contributed by atoms with Crippen LogP contribution >= 0.6 is 0 Å². The zero-order valence-corrected chi connectivity index (χ0v) is 3.51. The van der Waals surface area contributed by atoms with Gasteiger partial charge in [-0.05, 0) is 6.92 Å². The van der Waals surface area contributed by atoms with Crippen molar-refractivity contribution in [3.8, 4) is 0 Å². The molecule has 0 aliphatic heterocycles. The summed E-state index contributed by atoms with van der Waals surface area (Å²) in [5.74, 6) is 0. The number of rotatable bonds is 2. The predicted molar refractivity (Wildman–Crippen MR) is 23.7 cm³/mol. The summed E-state index contributed by atoms with van der Waals surface area (Å²) < 4.78 is 0. The van der Waals surface area contributed by atoms with E-state index in [0.29, 0.717) is 0 Å². The molecule has 0 amide bonds. The molecule has 0 aliphatic carbocycles. The Labute approximate surface area is 36.0 Å². The third-order valence-electron chi connectivity index (χ3n) is 0.294. The number of hydrogen-bond acceptors (Lipinski definition) is 2. The Morgan fingerprint density at radius 1 is 1.83 bits per heavy atom. The molecule has 0 fully saturated rings. The summed E-state index contributed by atoms with van der Waals surface area (Å²) in [6.45, 7) is 1.79. The second kappa shape index (κ2) is 4.14. The highest BCUT2D eigenvalue weighted by molar-refractivity contribution is 4.70. The summed E-state index contributed by atoms with van der Waals surface area (Å²) in [6.07, 6.45) is 3.13. The molecule has 0 aromatic heterocycles. The minimum absolute atomic E-state index is 1.45. The van der Waals surface area contributed by atoms with Gasteiger partial charge in [0.05, 0.1) is 5.29 Å². The number of nitrogens with one attached hydrogen (secondary N) is 1. The van der Waals surface area contributed by atoms with Gasteiger partial charge in [-0.2, -0.15) is 0 Å². The van der Waals surface area contributed by atoms with Gasteiger partial charge in [-0.3, -0.25) is 0 Å². The lowest BCUT2D eigenvalue weighted by Crippen LogP contribution is -1.86. The minimum atomic E-state index is 1.45. The molecule has 3 heteroatoms. The second-order valence-corrected chi connectivity index (χ2v) is 0.720. The molecule has 0 radical (unpaired) electrons. The molecule has 0 rings (SSSR count). The summed E-state index contributed by atoms with van der Waals surface area (Å²) >= 11 is 0. The van der Waals surface area contributed by atoms with Gasteiger partial charge >= 0.3 is 0 Å². The van der Waals surface area contributed by atoms with E-state index in [4.69, 9.17) is 4.91 Å². The lowest BCUT2D eigenvalue weighted by molar-refractivity contribution is 0.952. The molecule has 0 bridgehead atoms. The van der Waals surface area contributed by atoms with Crippen LogP contribution < -0.4 is 5.43 Å². The SMILES string of the molecule is C/C=C/NN=O. The van der Waals surface area contributed by atoms with Crippen molar-refractivity contribution in [1.29, 1.82) is 0 Å². The zero-order chi connectivity index (χ0) is 4.83. The highest BCUT2D eigenvalue weighted by Crippen LogP contribution is 1.58. The van der Waals surface area contributed by atoms with Gasteiger partial charge in [-0.1, -0.05) is 6.08 Å². The Morgan fingerprint density at radius 2 is 2.50 bits per heavy atom. The Kier molecular flexibility index (Phi) is 3.55. The van der Waals surface area contributed by atoms with Crippen molar-refractivity contribution in [2.45, 2.75) is 6.92 Å². The van der Waals surface area contributed by atoms with Crippen molar-refractivity contribution >= 4 is 0 Å². The lowest BCUT2D eigenvalue weighted by atomic mass is 10.7. The van der Waals surface area contributed by atoms with Crippen LogP contribution in [0.1, 0.15) is 6.92 Å². The van der Waals surface area contributed by atoms with Crippen LogP contribution in [0.25, 0.3) is 0 Å². The average molecular weight is 86.1 g/mol. The van der Waals surface area contributed by atoms with E-state index >= 15 is 0 Å². The Hall–Kier alpha value is -0.860. The van der Waals surface area contributed by atoms with Gasteiger partial charge in [0.2, 0.25) is 0 Å². The van der Waals surface area contributed by atoms with Crippen LogP contribution in [-0.4, -0.2) is 0 Å². The van der Waals surface area contributed by atoms with Crippen LogP contribution in [0.4, 0.5) is 0 Å². The van der Waals surface area contributed by atoms with Crippen molar-refractivity contribution in [3.63, 3.8) is 0 Å². The van der Waals surface area contributed by atoms with E-state index in [-0.39, 0.29) is 0 Å². The molecule has 3 nitrogen and oxygen atoms in total. The van der Waals surface area contributed by atoms with Crippen LogP contribution in [0.3, 0.4) is 0 Å². The van der Waals surface area contributed by atoms with E-state index in [9.17, 15) is 0 Å². The average Bonchev–Trinajstić information content (AvgIpc) is 1.61. The van der Waals surface area contributed by atoms with Gasteiger partial charge in [0.1, 0.15) is 0 Å². The van der Waals surface area contributed by atoms with E-state index in [1.807, 2.05) is 0 Å². The zero-order valence-electron chi connectivity index (χ0n) is 3.51. The number of nitrogens with zero attached hydrogens (tertiary/aromatic N) is 1. The first-order valence-electron chi connectivity index (χ1n) is 1.61. The number of nitroso groups, excluding NO2 is 1. The highest BCUT2D eigenvalue weighted by Gasteiger charge is 1.56. The summed E-state index contributed by atoms with van der Waals surface area (Å²) in [5, 5.41) is 2.34. The Balaban J connectivity index is 2.85. The Morgan fingerprint density at radius 3 is 2.67 bits per heavy atom. The van der Waals surface area contributed by atoms with Crippen molar-refractivity contribution < 1.29 is 0 Å². The molecule has 6 heavy (non-hydrogen) atoms. The molecule has 0 saturated carbocycles. The fraction of sp³-hybridized carbons (Fsp3) is 0.333. The predicted octanol–water partition coefficient (Wildman–Crippen LogP) is 0.791. The van der Waals surface area contributed by atoms with Gasteiger partial charge in [0.15, 0.2) is 0 Å². The van der Waals surface area contributed by atoms with Crippen LogP contribution in [0.2, 0.25) is 0 Å². The standard InChI is InChI=1S/C3H6N2O/c1-2-3-4-5-6/h2-3H,1H3,(H,4,6)/b3-2+. The van der Waals surface area contributed by atoms with E-state index in [1.54, 1.807) is 13.0 Å². The van der Waals surface area contributed by atoms with Crippen LogP contribution in [-0.2, 0) is 0 Å². The minimum Gasteiger partial charge on any atom is -0.250 e. The smallest absolute Gasteiger partial charge is 0.0540 e. The molecule has 0 saturated heterocycles. The first-order chi connectivity index (χ1) is 2.91. The normalized spacial score (nSPS) is 8.83. The summed E-state index contributed by atoms with van der Waals surface area (Å²) in [5.41, 5.74) is 2.09. The molecule has 0 heterocycles. The first-order valence-corrected chi connectivity index (χ1v) is 1.61. The van der Waals surface area contributed by atoms with E-state index in [0.717, 1.165) is 0 Å². The molecule has 0 aromatic rings. The third kappa shape index (κ3) is 3.14. The van der Waals surface area contributed by atoms with Gasteiger partial charge in [0.25, 0.3) is 0 Å². The van der Waals surface area contributed by atoms with Gasteiger partial charge in [0, 0.05) is 6.20 Å². The van der Waals surface area contributed by atoms with Crippen LogP contribution in [0.15, 0.2) is 17.6 Å². The molecule has 0 aromatic carbocycles. The fourth-order valence-electron chi connectivity index (χ4n) is 0.105. The van der Waals surface area contributed by atoms with Crippen molar-refractivity contribution in [2.24, 2.45) is 5.29 Å². The summed E-state index contributed by atoms with van der Waals surface area (Å²) in [7, 11) is 0. The fourth-order valence-corrected chi connectivity index (χ4v) is 0.105. The number of allylic oxidation sites excluding steroid dienone is 1. The molecule has 0 atom stereocenters. The monoisotopic (exact) mass is 86.0 g/mol. The lowest BCUT2D eigenvalue weighted by Gasteiger charge is -1.72. The van der Waals surface area contributed by atoms with Crippen molar-refractivity contribution in [3.05, 3.63) is 17.2 Å². The largest absolute Gasteiger partial charge is 0.250 e. The maximum atomic E-state index is 9.15. The molecule has 1 N–H and O–H groups in total. The molecule has 34 valence electrons. The van der Waals surface area contributed by atoms with Gasteiger partial charge in [-0.25, -0.2) is 5.43 Å². The summed E-state index contributed by atoms with van der Waals surface area (Å²) in [4.78, 5) is 9.15. The molecular formula is C3H6N2O. The molecule has 0 aliphatic rings. The molecule has 0 unspecified atom stereocenters. The van der Waals surface area contributed by atoms with E-state index in [1.165, 1.54) is 6.20 Å². The first kappa shape index (κ1) is 5.14. The number of hydrogen-bond donors (Lipinski definition) is 1. The molecule has 0 spiro atoms. The van der Waals surface area contributed by atoms with E-state index < -0.39 is 0 Å². The van der Waals surface area contributed by atoms with Gasteiger partial charge < -0.3 is 0 Å². The van der Waals surface area contributed by atoms with Crippen molar-refractivity contribution in [1.82, 2.24) is 5.43 Å². The van der Waals surface area contributed by atoms with Gasteiger partial charge in [-0.15, -0.1) is 4.91 Å². The Bertz CT molecular complexity index is 59.8. The maximum Gasteiger partial charge on any atom is 0.0540 e. The quantitative estimate of drug-likeness (QED) is 0.398. The topological polar surface area (TPSA) is 41.5 Å². The molecular weight excluding hydrogens is 80.0 g/mol. The third-order valence-corrected chi connectivity index (χ3v) is 0.294.